The van der Waals surface area contributed by atoms with E-state index in [0.717, 1.165) is 0 Å². The van der Waals surface area contributed by atoms with Crippen LogP contribution in [0.5, 0.6) is 0 Å². The number of hydrogen-bond donors (Lipinski definition) is 4. The molecule has 5 N–H and O–H groups in total. The first-order valence-electron chi connectivity index (χ1n) is 5.38. The van der Waals surface area contributed by atoms with Crippen molar-refractivity contribution >= 4 is 15.8 Å². The summed E-state index contributed by atoms with van der Waals surface area (Å²) in [5.41, 5.74) is 2.32. The minimum Gasteiger partial charge on any atom is -0.308 e. The fraction of sp³-hybridized carbons (Fsp3) is 0.222. The molecule has 2 aromatic heterocycles. The highest BCUT2D eigenvalue weighted by atomic mass is 32.2. The largest absolute Gasteiger partial charge is 0.308 e. The number of H-pyrrole nitrogens is 1. The molecule has 0 aliphatic carbocycles. The van der Waals surface area contributed by atoms with Gasteiger partial charge in [0.2, 0.25) is 10.0 Å². The van der Waals surface area contributed by atoms with Crippen LogP contribution in [-0.2, 0) is 16.4 Å². The number of nitrogens with one attached hydrogen (secondary N) is 3. The number of hydrogen-bond acceptors (Lipinski definition) is 7. The molecule has 0 atom stereocenters. The summed E-state index contributed by atoms with van der Waals surface area (Å²) < 4.78 is 26.3. The van der Waals surface area contributed by atoms with Crippen molar-refractivity contribution < 1.29 is 8.42 Å². The highest BCUT2D eigenvalue weighted by Crippen LogP contribution is 2.09. The SMILES string of the molecule is NNc1ccc(S(=O)(=O)NCCc2ncn[nH]2)cn1. The zero-order chi connectivity index (χ0) is 13.7. The molecule has 0 fully saturated rings. The highest BCUT2D eigenvalue weighted by Gasteiger charge is 2.13. The summed E-state index contributed by atoms with van der Waals surface area (Å²) in [4.78, 5) is 7.81. The molecule has 0 aromatic carbocycles. The number of rotatable bonds is 6. The Labute approximate surface area is 109 Å². The van der Waals surface area contributed by atoms with Crippen LogP contribution in [0, 0.1) is 0 Å². The van der Waals surface area contributed by atoms with Crippen LogP contribution < -0.4 is 16.0 Å². The molecule has 0 radical (unpaired) electrons. The second-order valence-electron chi connectivity index (χ2n) is 3.60. The number of anilines is 1. The van der Waals surface area contributed by atoms with Gasteiger partial charge in [-0.25, -0.2) is 29.0 Å². The lowest BCUT2D eigenvalue weighted by Crippen LogP contribution is -2.26. The molecule has 2 rings (SSSR count). The van der Waals surface area contributed by atoms with E-state index in [-0.39, 0.29) is 11.4 Å². The molecule has 19 heavy (non-hydrogen) atoms. The van der Waals surface area contributed by atoms with E-state index >= 15 is 0 Å². The molecule has 0 unspecified atom stereocenters. The molecule has 10 heteroatoms. The van der Waals surface area contributed by atoms with Gasteiger partial charge >= 0.3 is 0 Å². The van der Waals surface area contributed by atoms with Gasteiger partial charge in [-0.2, -0.15) is 5.10 Å². The van der Waals surface area contributed by atoms with Crippen LogP contribution in [0.3, 0.4) is 0 Å². The number of hydrazine groups is 1. The number of nitrogens with zero attached hydrogens (tertiary/aromatic N) is 3. The quantitative estimate of drug-likeness (QED) is 0.394. The zero-order valence-electron chi connectivity index (χ0n) is 9.87. The minimum atomic E-state index is -3.58. The first-order chi connectivity index (χ1) is 9.12. The molecule has 0 aliphatic rings. The molecule has 0 bridgehead atoms. The fourth-order valence-corrected chi connectivity index (χ4v) is 2.34. The van der Waals surface area contributed by atoms with Crippen molar-refractivity contribution in [2.24, 2.45) is 5.84 Å². The van der Waals surface area contributed by atoms with E-state index < -0.39 is 10.0 Å². The van der Waals surface area contributed by atoms with Crippen LogP contribution in [0.1, 0.15) is 5.82 Å². The monoisotopic (exact) mass is 283 g/mol. The molecule has 0 saturated carbocycles. The van der Waals surface area contributed by atoms with Crippen LogP contribution in [0.2, 0.25) is 0 Å². The lowest BCUT2D eigenvalue weighted by atomic mass is 10.4. The van der Waals surface area contributed by atoms with Gasteiger partial charge in [-0.05, 0) is 12.1 Å². The summed E-state index contributed by atoms with van der Waals surface area (Å²) in [7, 11) is -3.58. The predicted molar refractivity (Wildman–Crippen MR) is 67.3 cm³/mol. The number of nitrogen functional groups attached to an aromatic ring is 1. The molecular formula is C9H13N7O2S. The Balaban J connectivity index is 1.97. The maximum Gasteiger partial charge on any atom is 0.242 e. The molecule has 0 saturated heterocycles. The normalized spacial score (nSPS) is 11.4. The molecule has 9 nitrogen and oxygen atoms in total. The first-order valence-corrected chi connectivity index (χ1v) is 6.87. The Morgan fingerprint density at radius 2 is 2.16 bits per heavy atom. The van der Waals surface area contributed by atoms with Crippen molar-refractivity contribution in [3.8, 4) is 0 Å². The van der Waals surface area contributed by atoms with Crippen LogP contribution >= 0.6 is 0 Å². The van der Waals surface area contributed by atoms with Crippen LogP contribution in [0.25, 0.3) is 0 Å². The number of aromatic nitrogens is 4. The van der Waals surface area contributed by atoms with Gasteiger partial charge in [-0.1, -0.05) is 0 Å². The first kappa shape index (κ1) is 13.4. The fourth-order valence-electron chi connectivity index (χ4n) is 1.36. The number of pyridine rings is 1. The van der Waals surface area contributed by atoms with E-state index in [9.17, 15) is 8.42 Å². The van der Waals surface area contributed by atoms with Gasteiger partial charge in [0.05, 0.1) is 0 Å². The van der Waals surface area contributed by atoms with E-state index in [2.05, 4.69) is 30.3 Å². The Morgan fingerprint density at radius 3 is 2.74 bits per heavy atom. The van der Waals surface area contributed by atoms with E-state index in [1.165, 1.54) is 24.7 Å². The molecular weight excluding hydrogens is 270 g/mol. The summed E-state index contributed by atoms with van der Waals surface area (Å²) in [5.74, 6) is 6.15. The Bertz CT molecular complexity index is 609. The number of nitrogens with two attached hydrogens (primary N) is 1. The highest BCUT2D eigenvalue weighted by molar-refractivity contribution is 7.89. The third-order valence-electron chi connectivity index (χ3n) is 2.31. The minimum absolute atomic E-state index is 0.0732. The topological polar surface area (TPSA) is 139 Å². The molecule has 0 aliphatic heterocycles. The zero-order valence-corrected chi connectivity index (χ0v) is 10.7. The van der Waals surface area contributed by atoms with Gasteiger partial charge in [0.15, 0.2) is 0 Å². The molecule has 102 valence electrons. The van der Waals surface area contributed by atoms with Gasteiger partial charge in [0.1, 0.15) is 22.9 Å². The van der Waals surface area contributed by atoms with Crippen molar-refractivity contribution in [2.75, 3.05) is 12.0 Å². The Morgan fingerprint density at radius 1 is 1.32 bits per heavy atom. The standard InChI is InChI=1S/C9H13N7O2S/c10-15-8-2-1-7(5-11-8)19(17,18)14-4-3-9-12-6-13-16-9/h1-2,5-6,14H,3-4,10H2,(H,11,15)(H,12,13,16). The summed E-state index contributed by atoms with van der Waals surface area (Å²) in [6.07, 6.45) is 3.02. The summed E-state index contributed by atoms with van der Waals surface area (Å²) in [6.45, 7) is 0.217. The lowest BCUT2D eigenvalue weighted by Gasteiger charge is -2.06. The third kappa shape index (κ3) is 3.47. The molecule has 2 aromatic rings. The maximum absolute atomic E-state index is 11.9. The van der Waals surface area contributed by atoms with E-state index in [4.69, 9.17) is 5.84 Å². The Hall–Kier alpha value is -2.04. The lowest BCUT2D eigenvalue weighted by molar-refractivity contribution is 0.580. The second kappa shape index (κ2) is 5.73. The number of aromatic amines is 1. The summed E-state index contributed by atoms with van der Waals surface area (Å²) >= 11 is 0. The van der Waals surface area contributed by atoms with Crippen LogP contribution in [0.4, 0.5) is 5.82 Å². The van der Waals surface area contributed by atoms with Crippen LogP contribution in [-0.4, -0.2) is 35.1 Å². The number of sulfonamides is 1. The average molecular weight is 283 g/mol. The van der Waals surface area contributed by atoms with Crippen molar-refractivity contribution in [1.82, 2.24) is 24.9 Å². The Kier molecular flexibility index (Phi) is 4.04. The van der Waals surface area contributed by atoms with Crippen molar-refractivity contribution in [3.63, 3.8) is 0 Å². The maximum atomic E-state index is 11.9. The van der Waals surface area contributed by atoms with Gasteiger partial charge < -0.3 is 5.43 Å². The van der Waals surface area contributed by atoms with E-state index in [1.54, 1.807) is 0 Å². The molecule has 0 amide bonds. The molecule has 2 heterocycles. The van der Waals surface area contributed by atoms with E-state index in [1.807, 2.05) is 0 Å². The predicted octanol–water partition coefficient (Wildman–Crippen LogP) is -0.994. The van der Waals surface area contributed by atoms with Gasteiger partial charge in [0, 0.05) is 19.2 Å². The smallest absolute Gasteiger partial charge is 0.242 e. The second-order valence-corrected chi connectivity index (χ2v) is 5.37. The van der Waals surface area contributed by atoms with Gasteiger partial charge in [-0.15, -0.1) is 0 Å². The summed E-state index contributed by atoms with van der Waals surface area (Å²) in [6, 6.07) is 2.89. The van der Waals surface area contributed by atoms with Crippen molar-refractivity contribution in [3.05, 3.63) is 30.5 Å². The van der Waals surface area contributed by atoms with Crippen LogP contribution in [0.15, 0.2) is 29.6 Å². The molecule has 0 spiro atoms. The third-order valence-corrected chi connectivity index (χ3v) is 3.76. The average Bonchev–Trinajstić information content (AvgIpc) is 2.92. The van der Waals surface area contributed by atoms with Crippen molar-refractivity contribution in [2.45, 2.75) is 11.3 Å². The van der Waals surface area contributed by atoms with Gasteiger partial charge in [-0.3, -0.25) is 5.10 Å². The summed E-state index contributed by atoms with van der Waals surface area (Å²) in [5, 5.41) is 6.32. The van der Waals surface area contributed by atoms with E-state index in [0.29, 0.717) is 18.1 Å². The van der Waals surface area contributed by atoms with Gasteiger partial charge in [0.25, 0.3) is 0 Å². The van der Waals surface area contributed by atoms with Crippen molar-refractivity contribution in [1.29, 1.82) is 0 Å².